The molecule has 0 spiro atoms. The molecule has 7 heteroatoms. The van der Waals surface area contributed by atoms with Crippen LogP contribution in [0.4, 0.5) is 11.7 Å². The van der Waals surface area contributed by atoms with E-state index >= 15 is 0 Å². The van der Waals surface area contributed by atoms with Gasteiger partial charge in [0.1, 0.15) is 5.82 Å². The molecule has 0 aliphatic carbocycles. The molecule has 0 bridgehead atoms. The lowest BCUT2D eigenvalue weighted by Crippen LogP contribution is -2.41. The standard InChI is InChI=1S/C18H25N5O2/c1-12-4-5-16(19-9-12)20-10-15-6-7-23(11-15)14(3)18(24)21-17-8-13(2)22-25-17/h4-5,8-9,14-15H,6-7,10-11H2,1-3H3,(H,19,20)(H,21,24). The van der Waals surface area contributed by atoms with E-state index in [9.17, 15) is 4.79 Å². The molecule has 134 valence electrons. The number of carbonyl (C=O) groups is 1. The van der Waals surface area contributed by atoms with Crippen LogP contribution in [-0.4, -0.2) is 46.6 Å². The van der Waals surface area contributed by atoms with E-state index in [1.165, 1.54) is 0 Å². The number of likely N-dealkylation sites (tertiary alicyclic amines) is 1. The van der Waals surface area contributed by atoms with Gasteiger partial charge in [0.2, 0.25) is 11.8 Å². The van der Waals surface area contributed by atoms with Crippen LogP contribution in [0, 0.1) is 19.8 Å². The number of rotatable bonds is 6. The van der Waals surface area contributed by atoms with Gasteiger partial charge >= 0.3 is 0 Å². The summed E-state index contributed by atoms with van der Waals surface area (Å²) in [7, 11) is 0. The van der Waals surface area contributed by atoms with Crippen LogP contribution in [0.2, 0.25) is 0 Å². The third-order valence-electron chi connectivity index (χ3n) is 4.60. The summed E-state index contributed by atoms with van der Waals surface area (Å²) in [6, 6.07) is 5.56. The fraction of sp³-hybridized carbons (Fsp3) is 0.500. The zero-order valence-corrected chi connectivity index (χ0v) is 15.0. The Morgan fingerprint density at radius 1 is 1.44 bits per heavy atom. The molecule has 1 fully saturated rings. The minimum atomic E-state index is -0.201. The molecular formula is C18H25N5O2. The van der Waals surface area contributed by atoms with Crippen molar-refractivity contribution in [3.8, 4) is 0 Å². The Morgan fingerprint density at radius 2 is 2.28 bits per heavy atom. The molecule has 2 N–H and O–H groups in total. The predicted octanol–water partition coefficient (Wildman–Crippen LogP) is 2.45. The van der Waals surface area contributed by atoms with Crippen LogP contribution < -0.4 is 10.6 Å². The zero-order chi connectivity index (χ0) is 17.8. The summed E-state index contributed by atoms with van der Waals surface area (Å²) in [5.41, 5.74) is 1.90. The largest absolute Gasteiger partial charge is 0.370 e. The quantitative estimate of drug-likeness (QED) is 0.838. The molecule has 2 atom stereocenters. The Labute approximate surface area is 147 Å². The molecule has 1 aliphatic rings. The maximum Gasteiger partial charge on any atom is 0.243 e. The van der Waals surface area contributed by atoms with Crippen LogP contribution in [0.3, 0.4) is 0 Å². The van der Waals surface area contributed by atoms with Crippen molar-refractivity contribution < 1.29 is 9.32 Å². The Kier molecular flexibility index (Phi) is 5.33. The van der Waals surface area contributed by atoms with Gasteiger partial charge in [0.25, 0.3) is 0 Å². The van der Waals surface area contributed by atoms with Crippen molar-refractivity contribution >= 4 is 17.6 Å². The first kappa shape index (κ1) is 17.4. The molecule has 2 unspecified atom stereocenters. The van der Waals surface area contributed by atoms with Crippen molar-refractivity contribution in [2.45, 2.75) is 33.2 Å². The topological polar surface area (TPSA) is 83.3 Å². The van der Waals surface area contributed by atoms with E-state index in [1.54, 1.807) is 6.07 Å². The number of carbonyl (C=O) groups excluding carboxylic acids is 1. The summed E-state index contributed by atoms with van der Waals surface area (Å²) in [6.07, 6.45) is 2.93. The van der Waals surface area contributed by atoms with Crippen LogP contribution in [0.5, 0.6) is 0 Å². The number of aromatic nitrogens is 2. The van der Waals surface area contributed by atoms with Gasteiger partial charge in [0, 0.05) is 25.4 Å². The summed E-state index contributed by atoms with van der Waals surface area (Å²) in [4.78, 5) is 18.9. The highest BCUT2D eigenvalue weighted by Crippen LogP contribution is 2.20. The van der Waals surface area contributed by atoms with E-state index in [4.69, 9.17) is 4.52 Å². The van der Waals surface area contributed by atoms with Gasteiger partial charge in [-0.15, -0.1) is 0 Å². The van der Waals surface area contributed by atoms with Gasteiger partial charge in [-0.3, -0.25) is 15.0 Å². The first-order valence-corrected chi connectivity index (χ1v) is 8.66. The lowest BCUT2D eigenvalue weighted by molar-refractivity contribution is -0.120. The molecule has 1 aliphatic heterocycles. The molecule has 1 amide bonds. The first-order chi connectivity index (χ1) is 12.0. The Morgan fingerprint density at radius 3 is 2.96 bits per heavy atom. The van der Waals surface area contributed by atoms with Crippen LogP contribution in [-0.2, 0) is 4.79 Å². The van der Waals surface area contributed by atoms with Gasteiger partial charge in [-0.05, 0) is 51.3 Å². The fourth-order valence-electron chi connectivity index (χ4n) is 3.02. The summed E-state index contributed by atoms with van der Waals surface area (Å²) < 4.78 is 5.05. The molecule has 0 radical (unpaired) electrons. The second-order valence-corrected chi connectivity index (χ2v) is 6.75. The van der Waals surface area contributed by atoms with Gasteiger partial charge in [0.15, 0.2) is 0 Å². The normalized spacial score (nSPS) is 18.9. The summed E-state index contributed by atoms with van der Waals surface area (Å²) in [5.74, 6) is 1.74. The highest BCUT2D eigenvalue weighted by molar-refractivity contribution is 5.93. The number of anilines is 2. The molecule has 2 aromatic heterocycles. The smallest absolute Gasteiger partial charge is 0.243 e. The molecule has 7 nitrogen and oxygen atoms in total. The van der Waals surface area contributed by atoms with Gasteiger partial charge in [-0.1, -0.05) is 11.2 Å². The van der Waals surface area contributed by atoms with E-state index in [-0.39, 0.29) is 11.9 Å². The van der Waals surface area contributed by atoms with Crippen molar-refractivity contribution in [2.75, 3.05) is 30.3 Å². The highest BCUT2D eigenvalue weighted by Gasteiger charge is 2.29. The Hall–Kier alpha value is -2.41. The second kappa shape index (κ2) is 7.65. The number of hydrogen-bond donors (Lipinski definition) is 2. The fourth-order valence-corrected chi connectivity index (χ4v) is 3.02. The molecule has 25 heavy (non-hydrogen) atoms. The first-order valence-electron chi connectivity index (χ1n) is 8.66. The zero-order valence-electron chi connectivity index (χ0n) is 15.0. The number of nitrogens with zero attached hydrogens (tertiary/aromatic N) is 3. The Bertz CT molecular complexity index is 713. The summed E-state index contributed by atoms with van der Waals surface area (Å²) >= 11 is 0. The number of pyridine rings is 1. The molecule has 3 rings (SSSR count). The second-order valence-electron chi connectivity index (χ2n) is 6.75. The molecule has 1 saturated heterocycles. The van der Waals surface area contributed by atoms with E-state index in [0.717, 1.165) is 43.1 Å². The molecule has 0 aromatic carbocycles. The van der Waals surface area contributed by atoms with Crippen molar-refractivity contribution in [1.29, 1.82) is 0 Å². The number of hydrogen-bond acceptors (Lipinski definition) is 6. The average Bonchev–Trinajstić information content (AvgIpc) is 3.23. The average molecular weight is 343 g/mol. The van der Waals surface area contributed by atoms with E-state index in [2.05, 4.69) is 25.7 Å². The monoisotopic (exact) mass is 343 g/mol. The molecule has 0 saturated carbocycles. The maximum absolute atomic E-state index is 12.4. The minimum absolute atomic E-state index is 0.0649. The van der Waals surface area contributed by atoms with Crippen LogP contribution in [0.1, 0.15) is 24.6 Å². The van der Waals surface area contributed by atoms with Gasteiger partial charge in [0.05, 0.1) is 11.7 Å². The lowest BCUT2D eigenvalue weighted by atomic mass is 10.1. The third kappa shape index (κ3) is 4.57. The summed E-state index contributed by atoms with van der Waals surface area (Å²) in [5, 5.41) is 9.95. The minimum Gasteiger partial charge on any atom is -0.370 e. The van der Waals surface area contributed by atoms with E-state index < -0.39 is 0 Å². The van der Waals surface area contributed by atoms with Crippen molar-refractivity contribution in [3.63, 3.8) is 0 Å². The molecular weight excluding hydrogens is 318 g/mol. The van der Waals surface area contributed by atoms with Crippen molar-refractivity contribution in [2.24, 2.45) is 5.92 Å². The van der Waals surface area contributed by atoms with Crippen LogP contribution >= 0.6 is 0 Å². The van der Waals surface area contributed by atoms with Crippen molar-refractivity contribution in [3.05, 3.63) is 35.7 Å². The predicted molar refractivity (Wildman–Crippen MR) is 96.5 cm³/mol. The van der Waals surface area contributed by atoms with E-state index in [0.29, 0.717) is 11.8 Å². The SMILES string of the molecule is Cc1ccc(NCC2CCN(C(C)C(=O)Nc3cc(C)no3)C2)nc1. The molecule has 2 aromatic rings. The molecule has 3 heterocycles. The number of nitrogens with one attached hydrogen (secondary N) is 2. The lowest BCUT2D eigenvalue weighted by Gasteiger charge is -2.23. The Balaban J connectivity index is 1.46. The number of aryl methyl sites for hydroxylation is 2. The third-order valence-corrected chi connectivity index (χ3v) is 4.60. The van der Waals surface area contributed by atoms with Crippen molar-refractivity contribution in [1.82, 2.24) is 15.0 Å². The highest BCUT2D eigenvalue weighted by atomic mass is 16.5. The van der Waals surface area contributed by atoms with Gasteiger partial charge in [-0.2, -0.15) is 0 Å². The van der Waals surface area contributed by atoms with Crippen LogP contribution in [0.15, 0.2) is 28.9 Å². The number of amides is 1. The maximum atomic E-state index is 12.4. The summed E-state index contributed by atoms with van der Waals surface area (Å²) in [6.45, 7) is 8.44. The van der Waals surface area contributed by atoms with Crippen LogP contribution in [0.25, 0.3) is 0 Å². The van der Waals surface area contributed by atoms with Gasteiger partial charge in [-0.25, -0.2) is 4.98 Å². The van der Waals surface area contributed by atoms with E-state index in [1.807, 2.05) is 39.1 Å². The van der Waals surface area contributed by atoms with Gasteiger partial charge < -0.3 is 9.84 Å².